The van der Waals surface area contributed by atoms with Crippen molar-refractivity contribution < 1.29 is 18.3 Å². The van der Waals surface area contributed by atoms with E-state index >= 15 is 0 Å². The van der Waals surface area contributed by atoms with Crippen LogP contribution in [0.1, 0.15) is 24.0 Å². The van der Waals surface area contributed by atoms with Gasteiger partial charge in [-0.1, -0.05) is 0 Å². The van der Waals surface area contributed by atoms with Crippen LogP contribution in [0.15, 0.2) is 12.1 Å². The maximum atomic E-state index is 13.4. The summed E-state index contributed by atoms with van der Waals surface area (Å²) >= 11 is 0. The second kappa shape index (κ2) is 4.78. The van der Waals surface area contributed by atoms with Gasteiger partial charge in [0.1, 0.15) is 23.3 Å². The lowest BCUT2D eigenvalue weighted by Crippen LogP contribution is -2.28. The lowest BCUT2D eigenvalue weighted by molar-refractivity contribution is -0.176. The maximum Gasteiger partial charge on any atom is 0.154 e. The van der Waals surface area contributed by atoms with Crippen molar-refractivity contribution in [3.8, 4) is 6.07 Å². The Morgan fingerprint density at radius 2 is 1.76 bits per heavy atom. The van der Waals surface area contributed by atoms with Crippen molar-refractivity contribution in [3.63, 3.8) is 0 Å². The Bertz CT molecular complexity index is 439. The molecule has 1 heterocycles. The fourth-order valence-corrected chi connectivity index (χ4v) is 1.73. The first kappa shape index (κ1) is 12.0. The summed E-state index contributed by atoms with van der Waals surface area (Å²) in [5, 5.41) is 8.56. The number of hydrogen-bond acceptors (Lipinski definition) is 3. The molecule has 5 heteroatoms. The Hall–Kier alpha value is -1.51. The summed E-state index contributed by atoms with van der Waals surface area (Å²) in [5.41, 5.74) is -0.106. The van der Waals surface area contributed by atoms with Gasteiger partial charge in [-0.25, -0.2) is 8.78 Å². The molecule has 1 aliphatic rings. The van der Waals surface area contributed by atoms with Crippen LogP contribution < -0.4 is 0 Å². The zero-order valence-electron chi connectivity index (χ0n) is 9.24. The zero-order chi connectivity index (χ0) is 12.4. The minimum Gasteiger partial charge on any atom is -0.352 e. The molecule has 0 saturated carbocycles. The van der Waals surface area contributed by atoms with E-state index in [-0.39, 0.29) is 12.2 Å². The van der Waals surface area contributed by atoms with Crippen LogP contribution in [0, 0.1) is 23.0 Å². The van der Waals surface area contributed by atoms with Gasteiger partial charge >= 0.3 is 0 Å². The van der Waals surface area contributed by atoms with Crippen LogP contribution in [0.2, 0.25) is 0 Å². The second-order valence-electron chi connectivity index (χ2n) is 3.90. The van der Waals surface area contributed by atoms with Gasteiger partial charge in [0.05, 0.1) is 13.2 Å². The van der Waals surface area contributed by atoms with Gasteiger partial charge in [0, 0.05) is 5.92 Å². The van der Waals surface area contributed by atoms with E-state index in [0.29, 0.717) is 18.8 Å². The molecule has 3 nitrogen and oxygen atoms in total. The average Bonchev–Trinajstić information content (AvgIpc) is 2.29. The Labute approximate surface area is 97.6 Å². The molecule has 0 N–H and O–H groups in total. The van der Waals surface area contributed by atoms with E-state index in [4.69, 9.17) is 14.7 Å². The number of nitrogens with zero attached hydrogens (tertiary/aromatic N) is 1. The number of rotatable bonds is 1. The molecule has 1 aromatic carbocycles. The molecule has 0 aliphatic carbocycles. The first-order valence-electron chi connectivity index (χ1n) is 5.24. The highest BCUT2D eigenvalue weighted by molar-refractivity contribution is 5.36. The number of halogens is 2. The fourth-order valence-electron chi connectivity index (χ4n) is 1.73. The molecule has 1 saturated heterocycles. The fraction of sp³-hybridized carbons (Fsp3) is 0.417. The Kier molecular flexibility index (Phi) is 3.36. The standard InChI is InChI=1S/C12H11F2NO2/c1-7-16-5-9(6-17-7)8-2-11(13)10(4-15)12(14)3-8/h2-3,7,9H,5-6H2,1H3. The Balaban J connectivity index is 2.26. The van der Waals surface area contributed by atoms with E-state index in [0.717, 1.165) is 12.1 Å². The smallest absolute Gasteiger partial charge is 0.154 e. The molecule has 0 radical (unpaired) electrons. The zero-order valence-corrected chi connectivity index (χ0v) is 9.24. The first-order chi connectivity index (χ1) is 8.11. The highest BCUT2D eigenvalue weighted by atomic mass is 19.1. The monoisotopic (exact) mass is 239 g/mol. The largest absolute Gasteiger partial charge is 0.352 e. The van der Waals surface area contributed by atoms with Crippen LogP contribution in [-0.4, -0.2) is 19.5 Å². The molecule has 0 aromatic heterocycles. The average molecular weight is 239 g/mol. The van der Waals surface area contributed by atoms with E-state index in [1.807, 2.05) is 0 Å². The predicted molar refractivity (Wildman–Crippen MR) is 55.2 cm³/mol. The Morgan fingerprint density at radius 3 is 2.24 bits per heavy atom. The van der Waals surface area contributed by atoms with Gasteiger partial charge in [0.2, 0.25) is 0 Å². The van der Waals surface area contributed by atoms with Gasteiger partial charge < -0.3 is 9.47 Å². The summed E-state index contributed by atoms with van der Waals surface area (Å²) in [5.74, 6) is -1.90. The van der Waals surface area contributed by atoms with Crippen LogP contribution in [0.3, 0.4) is 0 Å². The highest BCUT2D eigenvalue weighted by Gasteiger charge is 2.23. The molecule has 0 amide bonds. The van der Waals surface area contributed by atoms with Crippen molar-refractivity contribution >= 4 is 0 Å². The number of ether oxygens (including phenoxy) is 2. The Morgan fingerprint density at radius 1 is 1.24 bits per heavy atom. The van der Waals surface area contributed by atoms with Crippen LogP contribution in [-0.2, 0) is 9.47 Å². The van der Waals surface area contributed by atoms with Gasteiger partial charge in [-0.15, -0.1) is 0 Å². The van der Waals surface area contributed by atoms with Crippen molar-refractivity contribution in [1.82, 2.24) is 0 Å². The molecule has 90 valence electrons. The molecule has 0 atom stereocenters. The molecule has 0 unspecified atom stereocenters. The van der Waals surface area contributed by atoms with E-state index in [2.05, 4.69) is 0 Å². The number of nitriles is 1. The predicted octanol–water partition coefficient (Wildman–Crippen LogP) is 2.31. The van der Waals surface area contributed by atoms with Gasteiger partial charge in [-0.3, -0.25) is 0 Å². The lowest BCUT2D eigenvalue weighted by Gasteiger charge is -2.27. The molecular weight excluding hydrogens is 228 g/mol. The number of hydrogen-bond donors (Lipinski definition) is 0. The third-order valence-corrected chi connectivity index (χ3v) is 2.71. The van der Waals surface area contributed by atoms with Crippen LogP contribution in [0.5, 0.6) is 0 Å². The summed E-state index contributed by atoms with van der Waals surface area (Å²) in [6, 6.07) is 3.81. The van der Waals surface area contributed by atoms with Crippen LogP contribution in [0.25, 0.3) is 0 Å². The second-order valence-corrected chi connectivity index (χ2v) is 3.90. The van der Waals surface area contributed by atoms with Gasteiger partial charge in [-0.2, -0.15) is 5.26 Å². The third-order valence-electron chi connectivity index (χ3n) is 2.71. The minimum absolute atomic E-state index is 0.206. The molecule has 1 aromatic rings. The van der Waals surface area contributed by atoms with E-state index in [1.54, 1.807) is 6.92 Å². The lowest BCUT2D eigenvalue weighted by atomic mass is 9.98. The van der Waals surface area contributed by atoms with Gasteiger partial charge in [0.15, 0.2) is 6.29 Å². The highest BCUT2D eigenvalue weighted by Crippen LogP contribution is 2.25. The summed E-state index contributed by atoms with van der Waals surface area (Å²) in [4.78, 5) is 0. The quantitative estimate of drug-likeness (QED) is 0.755. The van der Waals surface area contributed by atoms with E-state index in [1.165, 1.54) is 6.07 Å². The van der Waals surface area contributed by atoms with Crippen molar-refractivity contribution in [2.24, 2.45) is 0 Å². The SMILES string of the molecule is CC1OCC(c2cc(F)c(C#N)c(F)c2)CO1. The first-order valence-corrected chi connectivity index (χ1v) is 5.24. The molecule has 0 bridgehead atoms. The maximum absolute atomic E-state index is 13.4. The number of benzene rings is 1. The molecule has 17 heavy (non-hydrogen) atoms. The van der Waals surface area contributed by atoms with Crippen LogP contribution >= 0.6 is 0 Å². The van der Waals surface area contributed by atoms with Crippen molar-refractivity contribution in [2.75, 3.05) is 13.2 Å². The van der Waals surface area contributed by atoms with Gasteiger partial charge in [-0.05, 0) is 24.6 Å². The summed E-state index contributed by atoms with van der Waals surface area (Å²) in [6.07, 6.45) is -0.292. The normalized spacial score (nSPS) is 24.4. The van der Waals surface area contributed by atoms with Crippen molar-refractivity contribution in [2.45, 2.75) is 19.1 Å². The third kappa shape index (κ3) is 2.43. The molecule has 1 aliphatic heterocycles. The molecular formula is C12H11F2NO2. The van der Waals surface area contributed by atoms with Crippen molar-refractivity contribution in [3.05, 3.63) is 34.9 Å². The summed E-state index contributed by atoms with van der Waals surface area (Å²) in [7, 11) is 0. The van der Waals surface area contributed by atoms with E-state index in [9.17, 15) is 8.78 Å². The van der Waals surface area contributed by atoms with Crippen LogP contribution in [0.4, 0.5) is 8.78 Å². The molecule has 0 spiro atoms. The topological polar surface area (TPSA) is 42.2 Å². The van der Waals surface area contributed by atoms with Crippen molar-refractivity contribution in [1.29, 1.82) is 5.26 Å². The minimum atomic E-state index is -0.846. The van der Waals surface area contributed by atoms with Gasteiger partial charge in [0.25, 0.3) is 0 Å². The van der Waals surface area contributed by atoms with E-state index < -0.39 is 17.2 Å². The summed E-state index contributed by atoms with van der Waals surface area (Å²) in [6.45, 7) is 2.47. The molecule has 1 fully saturated rings. The molecule has 2 rings (SSSR count). The summed E-state index contributed by atoms with van der Waals surface area (Å²) < 4.78 is 37.3.